The summed E-state index contributed by atoms with van der Waals surface area (Å²) in [6, 6.07) is 8.16. The summed E-state index contributed by atoms with van der Waals surface area (Å²) in [6.45, 7) is 0. The molecule has 3 N–H and O–H groups in total. The number of nitrogens with two attached hydrogens (primary N) is 1. The van der Waals surface area contributed by atoms with Crippen LogP contribution in [0.1, 0.15) is 0 Å². The lowest BCUT2D eigenvalue weighted by Gasteiger charge is -2.07. The van der Waals surface area contributed by atoms with Gasteiger partial charge in [-0.3, -0.25) is 4.79 Å². The highest BCUT2D eigenvalue weighted by Crippen LogP contribution is 2.28. The Labute approximate surface area is 127 Å². The van der Waals surface area contributed by atoms with Gasteiger partial charge in [0.1, 0.15) is 11.5 Å². The number of nitrogens with one attached hydrogen (secondary N) is 1. The van der Waals surface area contributed by atoms with E-state index in [0.717, 1.165) is 5.39 Å². The average molecular weight is 381 g/mol. The van der Waals surface area contributed by atoms with Gasteiger partial charge in [0.25, 0.3) is 5.56 Å². The molecule has 0 unspecified atom stereocenters. The van der Waals surface area contributed by atoms with Crippen molar-refractivity contribution in [3.05, 3.63) is 56.3 Å². The van der Waals surface area contributed by atoms with Crippen LogP contribution in [0, 0.1) is 9.39 Å². The summed E-state index contributed by atoms with van der Waals surface area (Å²) >= 11 is 1.98. The van der Waals surface area contributed by atoms with E-state index in [-0.39, 0.29) is 11.2 Å². The number of aromatic nitrogens is 2. The molecule has 0 aliphatic heterocycles. The molecular weight excluding hydrogens is 372 g/mol. The molecule has 0 aliphatic rings. The second-order valence-corrected chi connectivity index (χ2v) is 5.47. The van der Waals surface area contributed by atoms with Gasteiger partial charge in [0.15, 0.2) is 0 Å². The minimum atomic E-state index is -0.489. The van der Waals surface area contributed by atoms with Crippen molar-refractivity contribution in [2.75, 3.05) is 5.73 Å². The van der Waals surface area contributed by atoms with E-state index < -0.39 is 5.82 Å². The first-order chi connectivity index (χ1) is 9.56. The Balaban J connectivity index is 2.32. The number of anilines is 1. The third kappa shape index (κ3) is 2.15. The van der Waals surface area contributed by atoms with Crippen LogP contribution < -0.4 is 11.3 Å². The smallest absolute Gasteiger partial charge is 0.257 e. The minimum absolute atomic E-state index is 0.0195. The Morgan fingerprint density at radius 2 is 2.05 bits per heavy atom. The molecule has 1 aromatic carbocycles. The van der Waals surface area contributed by atoms with Gasteiger partial charge in [0, 0.05) is 26.3 Å². The van der Waals surface area contributed by atoms with Crippen LogP contribution >= 0.6 is 22.6 Å². The maximum atomic E-state index is 13.4. The van der Waals surface area contributed by atoms with Crippen LogP contribution in [0.3, 0.4) is 0 Å². The summed E-state index contributed by atoms with van der Waals surface area (Å²) in [5, 5.41) is 0.806. The zero-order valence-electron chi connectivity index (χ0n) is 10.2. The number of rotatable bonds is 1. The van der Waals surface area contributed by atoms with E-state index in [1.807, 2.05) is 28.7 Å². The van der Waals surface area contributed by atoms with Crippen LogP contribution in [0.4, 0.5) is 10.1 Å². The van der Waals surface area contributed by atoms with E-state index in [9.17, 15) is 9.18 Å². The lowest BCUT2D eigenvalue weighted by atomic mass is 10.1. The van der Waals surface area contributed by atoms with Gasteiger partial charge in [0.2, 0.25) is 0 Å². The first-order valence-electron chi connectivity index (χ1n) is 5.79. The summed E-state index contributed by atoms with van der Waals surface area (Å²) in [4.78, 5) is 19.0. The van der Waals surface area contributed by atoms with Gasteiger partial charge >= 0.3 is 0 Å². The standard InChI is InChI=1S/C14H9FIN3O/c15-10-6-11(16)8(5-12(10)17)9-4-7-2-1-3-18-13(7)19-14(9)20/h1-6H,17H2,(H,18,19,20). The van der Waals surface area contributed by atoms with Gasteiger partial charge < -0.3 is 10.7 Å². The molecule has 0 spiro atoms. The van der Waals surface area contributed by atoms with Crippen molar-refractivity contribution in [2.24, 2.45) is 0 Å². The third-order valence-electron chi connectivity index (χ3n) is 2.99. The Morgan fingerprint density at radius 1 is 1.25 bits per heavy atom. The van der Waals surface area contributed by atoms with Crippen LogP contribution in [0.25, 0.3) is 22.2 Å². The van der Waals surface area contributed by atoms with Crippen molar-refractivity contribution < 1.29 is 4.39 Å². The minimum Gasteiger partial charge on any atom is -0.396 e. The molecule has 0 saturated carbocycles. The third-order valence-corrected chi connectivity index (χ3v) is 3.88. The second kappa shape index (κ2) is 4.86. The number of benzene rings is 1. The summed E-state index contributed by atoms with van der Waals surface area (Å²) in [7, 11) is 0. The highest BCUT2D eigenvalue weighted by Gasteiger charge is 2.12. The van der Waals surface area contributed by atoms with Crippen molar-refractivity contribution in [1.29, 1.82) is 0 Å². The van der Waals surface area contributed by atoms with Gasteiger partial charge in [-0.1, -0.05) is 0 Å². The summed E-state index contributed by atoms with van der Waals surface area (Å²) < 4.78 is 14.0. The Bertz CT molecular complexity index is 876. The fourth-order valence-corrected chi connectivity index (χ4v) is 2.73. The molecule has 0 aliphatic carbocycles. The molecule has 3 aromatic rings. The fourth-order valence-electron chi connectivity index (χ4n) is 2.01. The highest BCUT2D eigenvalue weighted by molar-refractivity contribution is 14.1. The average Bonchev–Trinajstić information content (AvgIpc) is 2.42. The van der Waals surface area contributed by atoms with E-state index in [4.69, 9.17) is 5.73 Å². The number of H-pyrrole nitrogens is 1. The number of nitrogens with zero attached hydrogens (tertiary/aromatic N) is 1. The molecule has 3 rings (SSSR count). The molecule has 100 valence electrons. The number of nitrogen functional groups attached to an aromatic ring is 1. The zero-order valence-corrected chi connectivity index (χ0v) is 12.3. The van der Waals surface area contributed by atoms with Crippen LogP contribution in [-0.2, 0) is 0 Å². The van der Waals surface area contributed by atoms with Gasteiger partial charge in [0.05, 0.1) is 5.69 Å². The van der Waals surface area contributed by atoms with E-state index in [2.05, 4.69) is 9.97 Å². The van der Waals surface area contributed by atoms with E-state index in [0.29, 0.717) is 20.3 Å². The highest BCUT2D eigenvalue weighted by atomic mass is 127. The largest absolute Gasteiger partial charge is 0.396 e. The molecule has 2 aromatic heterocycles. The lowest BCUT2D eigenvalue weighted by Crippen LogP contribution is -2.10. The lowest BCUT2D eigenvalue weighted by molar-refractivity contribution is 0.632. The number of halogens is 2. The topological polar surface area (TPSA) is 71.8 Å². The summed E-state index contributed by atoms with van der Waals surface area (Å²) in [5.41, 5.74) is 6.90. The predicted molar refractivity (Wildman–Crippen MR) is 84.9 cm³/mol. The molecule has 20 heavy (non-hydrogen) atoms. The predicted octanol–water partition coefficient (Wildman–Crippen LogP) is 2.92. The molecule has 4 nitrogen and oxygen atoms in total. The fraction of sp³-hybridized carbons (Fsp3) is 0. The van der Waals surface area contributed by atoms with Crippen molar-refractivity contribution in [1.82, 2.24) is 9.97 Å². The molecule has 6 heteroatoms. The van der Waals surface area contributed by atoms with Crippen LogP contribution in [0.15, 0.2) is 41.3 Å². The number of aromatic amines is 1. The van der Waals surface area contributed by atoms with E-state index in [1.54, 1.807) is 18.3 Å². The summed E-state index contributed by atoms with van der Waals surface area (Å²) in [6.07, 6.45) is 1.61. The molecule has 0 atom stereocenters. The van der Waals surface area contributed by atoms with Crippen LogP contribution in [0.5, 0.6) is 0 Å². The second-order valence-electron chi connectivity index (χ2n) is 4.31. The molecule has 0 saturated heterocycles. The van der Waals surface area contributed by atoms with Crippen LogP contribution in [0.2, 0.25) is 0 Å². The number of pyridine rings is 2. The quantitative estimate of drug-likeness (QED) is 0.503. The van der Waals surface area contributed by atoms with Gasteiger partial charge in [-0.15, -0.1) is 0 Å². The monoisotopic (exact) mass is 381 g/mol. The SMILES string of the molecule is Nc1cc(-c2cc3cccnc3[nH]c2=O)c(I)cc1F. The van der Waals surface area contributed by atoms with Crippen molar-refractivity contribution in [2.45, 2.75) is 0 Å². The van der Waals surface area contributed by atoms with E-state index >= 15 is 0 Å². The Hall–Kier alpha value is -1.96. The summed E-state index contributed by atoms with van der Waals surface area (Å²) in [5.74, 6) is -0.489. The first-order valence-corrected chi connectivity index (χ1v) is 6.87. The van der Waals surface area contributed by atoms with Gasteiger partial charge in [-0.25, -0.2) is 9.37 Å². The molecule has 0 radical (unpaired) electrons. The molecular formula is C14H9FIN3O. The van der Waals surface area contributed by atoms with Gasteiger partial charge in [-0.05, 0) is 52.9 Å². The van der Waals surface area contributed by atoms with Gasteiger partial charge in [-0.2, -0.15) is 0 Å². The molecule has 0 bridgehead atoms. The molecule has 0 amide bonds. The normalized spacial score (nSPS) is 10.9. The Morgan fingerprint density at radius 3 is 2.85 bits per heavy atom. The van der Waals surface area contributed by atoms with Crippen molar-refractivity contribution in [3.63, 3.8) is 0 Å². The van der Waals surface area contributed by atoms with Crippen LogP contribution in [-0.4, -0.2) is 9.97 Å². The molecule has 2 heterocycles. The van der Waals surface area contributed by atoms with Crippen molar-refractivity contribution >= 4 is 39.3 Å². The maximum Gasteiger partial charge on any atom is 0.257 e. The molecule has 0 fully saturated rings. The maximum absolute atomic E-state index is 13.4. The number of fused-ring (bicyclic) bond motifs is 1. The van der Waals surface area contributed by atoms with Crippen molar-refractivity contribution in [3.8, 4) is 11.1 Å². The number of hydrogen-bond donors (Lipinski definition) is 2. The van der Waals surface area contributed by atoms with E-state index in [1.165, 1.54) is 12.1 Å². The first kappa shape index (κ1) is 13.0. The zero-order chi connectivity index (χ0) is 14.3. The number of hydrogen-bond acceptors (Lipinski definition) is 3. The Kier molecular flexibility index (Phi) is 3.17.